The summed E-state index contributed by atoms with van der Waals surface area (Å²) in [6.07, 6.45) is 1.64. The van der Waals surface area contributed by atoms with Gasteiger partial charge < -0.3 is 9.84 Å². The molecule has 0 saturated carbocycles. The summed E-state index contributed by atoms with van der Waals surface area (Å²) < 4.78 is 6.95. The molecule has 1 aromatic carbocycles. The van der Waals surface area contributed by atoms with Gasteiger partial charge in [0.2, 0.25) is 5.88 Å². The van der Waals surface area contributed by atoms with Gasteiger partial charge in [-0.25, -0.2) is 4.98 Å². The molecule has 0 radical (unpaired) electrons. The fourth-order valence-corrected chi connectivity index (χ4v) is 1.95. The second-order valence-corrected chi connectivity index (χ2v) is 4.77. The summed E-state index contributed by atoms with van der Waals surface area (Å²) in [5.41, 5.74) is 0.605. The number of ether oxygens (including phenoxy) is 1. The number of hydrogen-bond donors (Lipinski definition) is 1. The smallest absolute Gasteiger partial charge is 0.215 e. The van der Waals surface area contributed by atoms with Crippen molar-refractivity contribution in [2.75, 3.05) is 0 Å². The van der Waals surface area contributed by atoms with Gasteiger partial charge in [0.15, 0.2) is 5.82 Å². The van der Waals surface area contributed by atoms with Crippen molar-refractivity contribution >= 4 is 11.6 Å². The van der Waals surface area contributed by atoms with Crippen LogP contribution in [0.4, 0.5) is 0 Å². The second-order valence-electron chi connectivity index (χ2n) is 4.34. The second kappa shape index (κ2) is 5.85. The number of aromatic nitrogens is 3. The number of nitrogens with zero attached hydrogens (tertiary/aromatic N) is 3. The summed E-state index contributed by atoms with van der Waals surface area (Å²) in [4.78, 5) is 4.14. The Morgan fingerprint density at radius 1 is 1.14 bits per heavy atom. The van der Waals surface area contributed by atoms with Crippen molar-refractivity contribution in [3.8, 4) is 17.4 Å². The maximum Gasteiger partial charge on any atom is 0.215 e. The van der Waals surface area contributed by atoms with Crippen molar-refractivity contribution in [1.29, 1.82) is 0 Å². The van der Waals surface area contributed by atoms with Crippen molar-refractivity contribution in [3.05, 3.63) is 65.4 Å². The van der Waals surface area contributed by atoms with Crippen LogP contribution >= 0.6 is 11.6 Å². The molecular formula is C15H12ClN3O2. The molecule has 0 unspecified atom stereocenters. The maximum absolute atomic E-state index is 9.91. The normalized spacial score (nSPS) is 10.5. The SMILES string of the molecule is Oc1cc(COc2ccc(Cl)cc2)nn1-c1ccccn1. The quantitative estimate of drug-likeness (QED) is 0.804. The van der Waals surface area contributed by atoms with E-state index < -0.39 is 0 Å². The predicted molar refractivity (Wildman–Crippen MR) is 78.8 cm³/mol. The lowest BCUT2D eigenvalue weighted by Crippen LogP contribution is -2.01. The van der Waals surface area contributed by atoms with E-state index in [1.165, 1.54) is 4.68 Å². The first-order valence-electron chi connectivity index (χ1n) is 6.30. The molecule has 21 heavy (non-hydrogen) atoms. The molecule has 2 heterocycles. The number of benzene rings is 1. The maximum atomic E-state index is 9.91. The standard InChI is InChI=1S/C15H12ClN3O2/c16-11-4-6-13(7-5-11)21-10-12-9-15(20)19(18-12)14-3-1-2-8-17-14/h1-9,20H,10H2. The molecule has 0 aliphatic heterocycles. The topological polar surface area (TPSA) is 60.2 Å². The minimum absolute atomic E-state index is 0.0170. The molecule has 5 nitrogen and oxygen atoms in total. The summed E-state index contributed by atoms with van der Waals surface area (Å²) in [6, 6.07) is 14.0. The molecule has 2 aromatic heterocycles. The average molecular weight is 302 g/mol. The summed E-state index contributed by atoms with van der Waals surface area (Å²) in [5, 5.41) is 14.8. The Morgan fingerprint density at radius 3 is 2.67 bits per heavy atom. The van der Waals surface area contributed by atoms with Gasteiger partial charge in [0.1, 0.15) is 18.1 Å². The number of rotatable bonds is 4. The number of hydrogen-bond acceptors (Lipinski definition) is 4. The van der Waals surface area contributed by atoms with Crippen LogP contribution < -0.4 is 4.74 Å². The molecule has 6 heteroatoms. The van der Waals surface area contributed by atoms with Crippen LogP contribution in [0.5, 0.6) is 11.6 Å². The summed E-state index contributed by atoms with van der Waals surface area (Å²) in [5.74, 6) is 1.25. The fraction of sp³-hybridized carbons (Fsp3) is 0.0667. The van der Waals surface area contributed by atoms with E-state index in [4.69, 9.17) is 16.3 Å². The Kier molecular flexibility index (Phi) is 3.75. The highest BCUT2D eigenvalue weighted by Gasteiger charge is 2.09. The summed E-state index contributed by atoms with van der Waals surface area (Å²) >= 11 is 5.81. The molecule has 0 bridgehead atoms. The Bertz CT molecular complexity index is 726. The van der Waals surface area contributed by atoms with Gasteiger partial charge in [-0.3, -0.25) is 0 Å². The molecular weight excluding hydrogens is 290 g/mol. The van der Waals surface area contributed by atoms with E-state index >= 15 is 0 Å². The van der Waals surface area contributed by atoms with Crippen LogP contribution in [0.15, 0.2) is 54.7 Å². The van der Waals surface area contributed by atoms with Crippen LogP contribution in [0, 0.1) is 0 Å². The summed E-state index contributed by atoms with van der Waals surface area (Å²) in [7, 11) is 0. The molecule has 0 amide bonds. The molecule has 0 aliphatic rings. The zero-order valence-electron chi connectivity index (χ0n) is 11.0. The van der Waals surface area contributed by atoms with Crippen LogP contribution in [0.3, 0.4) is 0 Å². The first-order valence-corrected chi connectivity index (χ1v) is 6.68. The monoisotopic (exact) mass is 301 g/mol. The minimum Gasteiger partial charge on any atom is -0.493 e. The van der Waals surface area contributed by atoms with Gasteiger partial charge in [-0.05, 0) is 36.4 Å². The van der Waals surface area contributed by atoms with E-state index in [1.54, 1.807) is 48.7 Å². The third-order valence-corrected chi connectivity index (χ3v) is 3.06. The van der Waals surface area contributed by atoms with Gasteiger partial charge in [-0.2, -0.15) is 9.78 Å². The van der Waals surface area contributed by atoms with Gasteiger partial charge in [-0.1, -0.05) is 17.7 Å². The van der Waals surface area contributed by atoms with Crippen molar-refractivity contribution in [2.24, 2.45) is 0 Å². The van der Waals surface area contributed by atoms with E-state index in [2.05, 4.69) is 10.1 Å². The average Bonchev–Trinajstić information content (AvgIpc) is 2.89. The predicted octanol–water partition coefficient (Wildman–Crippen LogP) is 3.21. The zero-order valence-corrected chi connectivity index (χ0v) is 11.7. The van der Waals surface area contributed by atoms with Gasteiger partial charge in [-0.15, -0.1) is 0 Å². The van der Waals surface area contributed by atoms with Gasteiger partial charge in [0.05, 0.1) is 0 Å². The van der Waals surface area contributed by atoms with Gasteiger partial charge in [0, 0.05) is 17.3 Å². The largest absolute Gasteiger partial charge is 0.493 e. The molecule has 0 fully saturated rings. The molecule has 0 spiro atoms. The molecule has 1 N–H and O–H groups in total. The van der Waals surface area contributed by atoms with E-state index in [0.29, 0.717) is 22.3 Å². The Balaban J connectivity index is 1.74. The first-order chi connectivity index (χ1) is 10.2. The number of pyridine rings is 1. The third kappa shape index (κ3) is 3.14. The Labute approximate surface area is 126 Å². The minimum atomic E-state index is 0.0170. The van der Waals surface area contributed by atoms with Crippen LogP contribution in [0.1, 0.15) is 5.69 Å². The molecule has 0 saturated heterocycles. The molecule has 0 atom stereocenters. The van der Waals surface area contributed by atoms with E-state index in [9.17, 15) is 5.11 Å². The number of aromatic hydroxyl groups is 1. The lowest BCUT2D eigenvalue weighted by Gasteiger charge is -2.03. The highest BCUT2D eigenvalue weighted by Crippen LogP contribution is 2.19. The highest BCUT2D eigenvalue weighted by molar-refractivity contribution is 6.30. The van der Waals surface area contributed by atoms with E-state index in [0.717, 1.165) is 0 Å². The van der Waals surface area contributed by atoms with E-state index in [-0.39, 0.29) is 12.5 Å². The molecule has 3 rings (SSSR count). The van der Waals surface area contributed by atoms with Gasteiger partial charge in [0.25, 0.3) is 0 Å². The lowest BCUT2D eigenvalue weighted by atomic mass is 10.3. The zero-order chi connectivity index (χ0) is 14.7. The van der Waals surface area contributed by atoms with Crippen LogP contribution in [0.2, 0.25) is 5.02 Å². The Hall–Kier alpha value is -2.53. The van der Waals surface area contributed by atoms with Crippen LogP contribution in [0.25, 0.3) is 5.82 Å². The molecule has 106 valence electrons. The lowest BCUT2D eigenvalue weighted by molar-refractivity contribution is 0.300. The summed E-state index contributed by atoms with van der Waals surface area (Å²) in [6.45, 7) is 0.245. The highest BCUT2D eigenvalue weighted by atomic mass is 35.5. The number of halogens is 1. The Morgan fingerprint density at radius 2 is 1.95 bits per heavy atom. The van der Waals surface area contributed by atoms with Crippen molar-refractivity contribution in [2.45, 2.75) is 6.61 Å². The molecule has 0 aliphatic carbocycles. The van der Waals surface area contributed by atoms with E-state index in [1.807, 2.05) is 6.07 Å². The van der Waals surface area contributed by atoms with Crippen LogP contribution in [-0.2, 0) is 6.61 Å². The van der Waals surface area contributed by atoms with Gasteiger partial charge >= 0.3 is 0 Å². The fourth-order valence-electron chi connectivity index (χ4n) is 1.82. The first kappa shape index (κ1) is 13.5. The van der Waals surface area contributed by atoms with Crippen molar-refractivity contribution in [3.63, 3.8) is 0 Å². The molecule has 3 aromatic rings. The third-order valence-electron chi connectivity index (χ3n) is 2.81. The van der Waals surface area contributed by atoms with Crippen molar-refractivity contribution < 1.29 is 9.84 Å². The van der Waals surface area contributed by atoms with Crippen molar-refractivity contribution in [1.82, 2.24) is 14.8 Å². The van der Waals surface area contributed by atoms with Crippen LogP contribution in [-0.4, -0.2) is 19.9 Å².